The summed E-state index contributed by atoms with van der Waals surface area (Å²) in [5.74, 6) is -0.962. The minimum Gasteiger partial charge on any atom is -0.303 e. The number of carbonyl (C=O) groups is 2. The fraction of sp³-hybridized carbons (Fsp3) is 0.167. The summed E-state index contributed by atoms with van der Waals surface area (Å²) in [6.07, 6.45) is 0. The first-order valence-electron chi connectivity index (χ1n) is 10.8. The van der Waals surface area contributed by atoms with E-state index in [1.54, 1.807) is 6.07 Å². The van der Waals surface area contributed by atoms with Crippen LogP contribution < -0.4 is 10.6 Å². The second-order valence-electron chi connectivity index (χ2n) is 7.89. The van der Waals surface area contributed by atoms with Crippen LogP contribution >= 0.6 is 38.4 Å². The Hall–Kier alpha value is -2.12. The van der Waals surface area contributed by atoms with Gasteiger partial charge in [0.15, 0.2) is 11.6 Å². The first-order chi connectivity index (χ1) is 17.2. The average Bonchev–Trinajstić information content (AvgIpc) is 3.54. The second-order valence-corrected chi connectivity index (χ2v) is 12.8. The van der Waals surface area contributed by atoms with Crippen LogP contribution in [-0.4, -0.2) is 38.0 Å². The Balaban J connectivity index is 1.54. The summed E-state index contributed by atoms with van der Waals surface area (Å²) < 4.78 is 47.3. The Labute approximate surface area is 216 Å². The van der Waals surface area contributed by atoms with Crippen molar-refractivity contribution >= 4 is 60.6 Å². The molecule has 0 bridgehead atoms. The zero-order valence-corrected chi connectivity index (χ0v) is 21.8. The van der Waals surface area contributed by atoms with Crippen molar-refractivity contribution in [3.63, 3.8) is 0 Å². The van der Waals surface area contributed by atoms with Gasteiger partial charge >= 0.3 is 15.2 Å². The third kappa shape index (κ3) is 4.76. The van der Waals surface area contributed by atoms with Crippen LogP contribution in [-0.2, 0) is 27.2 Å². The van der Waals surface area contributed by atoms with Crippen molar-refractivity contribution in [1.82, 2.24) is 0 Å². The van der Waals surface area contributed by atoms with E-state index in [9.17, 15) is 18.7 Å². The summed E-state index contributed by atoms with van der Waals surface area (Å²) in [5.41, 5.74) is 0.557. The van der Waals surface area contributed by atoms with E-state index in [-0.39, 0.29) is 59.0 Å². The van der Waals surface area contributed by atoms with E-state index in [1.165, 1.54) is 54.6 Å². The van der Waals surface area contributed by atoms with Crippen LogP contribution in [0.4, 0.5) is 0 Å². The summed E-state index contributed by atoms with van der Waals surface area (Å²) in [7, 11) is -7.26. The van der Waals surface area contributed by atoms with Crippen molar-refractivity contribution in [3.8, 4) is 0 Å². The van der Waals surface area contributed by atoms with Crippen LogP contribution in [0.5, 0.6) is 0 Å². The summed E-state index contributed by atoms with van der Waals surface area (Å²) in [4.78, 5) is 26.6. The van der Waals surface area contributed by atoms with Gasteiger partial charge in [-0.2, -0.15) is 0 Å². The van der Waals surface area contributed by atoms with Gasteiger partial charge < -0.3 is 18.1 Å². The van der Waals surface area contributed by atoms with Crippen molar-refractivity contribution < 1.29 is 36.8 Å². The summed E-state index contributed by atoms with van der Waals surface area (Å²) in [5, 5.41) is 0.810. The summed E-state index contributed by atoms with van der Waals surface area (Å²) in [6.45, 7) is 0.602. The lowest BCUT2D eigenvalue weighted by molar-refractivity contribution is 0.102. The zero-order valence-electron chi connectivity index (χ0n) is 18.5. The maximum atomic E-state index is 13.4. The van der Waals surface area contributed by atoms with Crippen LogP contribution in [0.1, 0.15) is 31.8 Å². The van der Waals surface area contributed by atoms with Gasteiger partial charge in [-0.15, -0.1) is 0 Å². The van der Waals surface area contributed by atoms with Gasteiger partial charge in [0, 0.05) is 27.3 Å². The highest BCUT2D eigenvalue weighted by atomic mass is 35.5. The van der Waals surface area contributed by atoms with Crippen LogP contribution in [0.2, 0.25) is 10.0 Å². The molecular formula is C24H18Cl2O8P2. The monoisotopic (exact) mass is 566 g/mol. The largest absolute Gasteiger partial charge is 0.362 e. The van der Waals surface area contributed by atoms with Gasteiger partial charge in [-0.3, -0.25) is 18.7 Å². The van der Waals surface area contributed by atoms with E-state index < -0.39 is 26.8 Å². The maximum Gasteiger partial charge on any atom is 0.362 e. The summed E-state index contributed by atoms with van der Waals surface area (Å²) >= 11 is 12.2. The Morgan fingerprint density at radius 1 is 0.639 bits per heavy atom. The van der Waals surface area contributed by atoms with Gasteiger partial charge in [0.1, 0.15) is 0 Å². The molecular weight excluding hydrogens is 549 g/mol. The van der Waals surface area contributed by atoms with E-state index >= 15 is 0 Å². The predicted octanol–water partition coefficient (Wildman–Crippen LogP) is 5.19. The number of benzene rings is 3. The molecule has 3 aromatic carbocycles. The number of rotatable bonds is 6. The molecule has 2 fully saturated rings. The number of hydrogen-bond acceptors (Lipinski definition) is 8. The molecule has 0 saturated carbocycles. The normalized spacial score (nSPS) is 18.3. The first-order valence-corrected chi connectivity index (χ1v) is 14.6. The van der Waals surface area contributed by atoms with E-state index in [2.05, 4.69) is 0 Å². The van der Waals surface area contributed by atoms with Crippen LogP contribution in [0.15, 0.2) is 60.7 Å². The second kappa shape index (κ2) is 9.97. The molecule has 0 unspecified atom stereocenters. The topological polar surface area (TPSA) is 105 Å². The molecule has 0 atom stereocenters. The van der Waals surface area contributed by atoms with Crippen LogP contribution in [0.3, 0.4) is 0 Å². The number of carbonyl (C=O) groups excluding carboxylic acids is 2. The molecule has 8 nitrogen and oxygen atoms in total. The minimum atomic E-state index is -3.87. The van der Waals surface area contributed by atoms with Crippen molar-refractivity contribution in [2.45, 2.75) is 0 Å². The van der Waals surface area contributed by atoms with Gasteiger partial charge in [0.2, 0.25) is 0 Å². The molecule has 2 saturated heterocycles. The molecule has 2 heterocycles. The van der Waals surface area contributed by atoms with Crippen LogP contribution in [0, 0.1) is 0 Å². The standard InChI is InChI=1S/C24H18Cl2O8P2/c25-17-4-8-21(26)20(14-17)24(28)16-3-7-19(22(13-16)36(30)33-11-12-34-36)23(27)15-1-5-18(6-2-15)35(29)31-9-10-32-35/h1-8,13-14H,9-12H2. The fourth-order valence-corrected chi connectivity index (χ4v) is 7.50. The van der Waals surface area contributed by atoms with Gasteiger partial charge in [0.05, 0.1) is 42.1 Å². The lowest BCUT2D eigenvalue weighted by Crippen LogP contribution is -2.20. The molecule has 2 aliphatic heterocycles. The van der Waals surface area contributed by atoms with Crippen molar-refractivity contribution in [3.05, 3.63) is 93.0 Å². The van der Waals surface area contributed by atoms with E-state index in [4.69, 9.17) is 41.3 Å². The molecule has 0 amide bonds. The quantitative estimate of drug-likeness (QED) is 0.296. The highest BCUT2D eigenvalue weighted by Crippen LogP contribution is 2.52. The Kier molecular flexibility index (Phi) is 7.07. The molecule has 36 heavy (non-hydrogen) atoms. The first kappa shape index (κ1) is 25.5. The summed E-state index contributed by atoms with van der Waals surface area (Å²) in [6, 6.07) is 14.6. The van der Waals surface area contributed by atoms with Gasteiger partial charge in [0.25, 0.3) is 0 Å². The minimum absolute atomic E-state index is 0.0340. The fourth-order valence-electron chi connectivity index (χ4n) is 3.86. The third-order valence-corrected chi connectivity index (χ3v) is 10.2. The smallest absolute Gasteiger partial charge is 0.303 e. The molecule has 186 valence electrons. The highest BCUT2D eigenvalue weighted by molar-refractivity contribution is 7.62. The third-order valence-electron chi connectivity index (χ3n) is 5.63. The Morgan fingerprint density at radius 2 is 1.19 bits per heavy atom. The molecule has 12 heteroatoms. The van der Waals surface area contributed by atoms with E-state index in [1.807, 2.05) is 0 Å². The number of hydrogen-bond donors (Lipinski definition) is 0. The molecule has 0 aliphatic carbocycles. The van der Waals surface area contributed by atoms with Crippen molar-refractivity contribution in [2.24, 2.45) is 0 Å². The number of halogens is 2. The zero-order chi connectivity index (χ0) is 25.5. The average molecular weight is 567 g/mol. The van der Waals surface area contributed by atoms with Crippen molar-refractivity contribution in [1.29, 1.82) is 0 Å². The van der Waals surface area contributed by atoms with E-state index in [0.29, 0.717) is 10.3 Å². The SMILES string of the molecule is O=C(c1ccc(C(=O)c2ccc(P3(=O)OCCO3)cc2)c(P2(=O)OCCO2)c1)c1cc(Cl)ccc1Cl. The van der Waals surface area contributed by atoms with Gasteiger partial charge in [-0.1, -0.05) is 41.4 Å². The van der Waals surface area contributed by atoms with E-state index in [0.717, 1.165) is 0 Å². The lowest BCUT2D eigenvalue weighted by atomic mass is 9.98. The molecule has 3 aromatic rings. The maximum absolute atomic E-state index is 13.4. The molecule has 0 spiro atoms. The molecule has 5 rings (SSSR count). The number of ketones is 2. The Bertz CT molecular complexity index is 1450. The molecule has 0 aromatic heterocycles. The van der Waals surface area contributed by atoms with Crippen LogP contribution in [0.25, 0.3) is 0 Å². The van der Waals surface area contributed by atoms with Gasteiger partial charge in [-0.05, 0) is 42.5 Å². The lowest BCUT2D eigenvalue weighted by Gasteiger charge is -2.16. The molecule has 2 aliphatic rings. The Morgan fingerprint density at radius 3 is 1.83 bits per heavy atom. The molecule has 0 radical (unpaired) electrons. The highest BCUT2D eigenvalue weighted by Gasteiger charge is 2.37. The molecule has 0 N–H and O–H groups in total. The van der Waals surface area contributed by atoms with Gasteiger partial charge in [-0.25, -0.2) is 0 Å². The van der Waals surface area contributed by atoms with Crippen molar-refractivity contribution in [2.75, 3.05) is 26.4 Å². The predicted molar refractivity (Wildman–Crippen MR) is 134 cm³/mol.